The molecule has 0 aliphatic heterocycles. The number of hydrogen-bond acceptors (Lipinski definition) is 2. The van der Waals surface area contributed by atoms with Gasteiger partial charge in [-0.05, 0) is 43.4 Å². The maximum absolute atomic E-state index is 11.5. The Labute approximate surface area is 124 Å². The quantitative estimate of drug-likeness (QED) is 0.871. The van der Waals surface area contributed by atoms with Gasteiger partial charge < -0.3 is 10.2 Å². The van der Waals surface area contributed by atoms with Gasteiger partial charge in [-0.3, -0.25) is 4.79 Å². The molecule has 1 aliphatic rings. The van der Waals surface area contributed by atoms with Crippen molar-refractivity contribution in [3.63, 3.8) is 0 Å². The van der Waals surface area contributed by atoms with E-state index in [1.54, 1.807) is 12.1 Å². The van der Waals surface area contributed by atoms with E-state index in [2.05, 4.69) is 0 Å². The van der Waals surface area contributed by atoms with Crippen molar-refractivity contribution in [3.8, 4) is 0 Å². The van der Waals surface area contributed by atoms with Crippen LogP contribution >= 0.6 is 11.6 Å². The summed E-state index contributed by atoms with van der Waals surface area (Å²) in [5, 5.41) is 20.6. The van der Waals surface area contributed by atoms with Crippen molar-refractivity contribution in [2.75, 3.05) is 0 Å². The van der Waals surface area contributed by atoms with Gasteiger partial charge in [-0.1, -0.05) is 43.0 Å². The van der Waals surface area contributed by atoms with E-state index in [9.17, 15) is 15.0 Å². The van der Waals surface area contributed by atoms with Crippen molar-refractivity contribution in [2.45, 2.75) is 50.5 Å². The van der Waals surface area contributed by atoms with Gasteiger partial charge in [-0.25, -0.2) is 0 Å². The predicted octanol–water partition coefficient (Wildman–Crippen LogP) is 3.67. The fourth-order valence-electron chi connectivity index (χ4n) is 3.07. The first-order valence-corrected chi connectivity index (χ1v) is 7.56. The zero-order valence-corrected chi connectivity index (χ0v) is 12.3. The number of benzene rings is 1. The zero-order valence-electron chi connectivity index (χ0n) is 11.5. The van der Waals surface area contributed by atoms with Crippen LogP contribution in [0.2, 0.25) is 5.02 Å². The van der Waals surface area contributed by atoms with E-state index in [4.69, 9.17) is 11.6 Å². The Morgan fingerprint density at radius 3 is 2.60 bits per heavy atom. The molecule has 0 spiro atoms. The number of aliphatic carboxylic acids is 1. The van der Waals surface area contributed by atoms with Crippen LogP contribution in [-0.2, 0) is 11.2 Å². The molecule has 1 aliphatic carbocycles. The highest BCUT2D eigenvalue weighted by atomic mass is 35.5. The molecule has 1 atom stereocenters. The molecule has 0 amide bonds. The van der Waals surface area contributed by atoms with Crippen molar-refractivity contribution in [1.29, 1.82) is 0 Å². The van der Waals surface area contributed by atoms with Gasteiger partial charge in [-0.15, -0.1) is 0 Å². The highest BCUT2D eigenvalue weighted by Gasteiger charge is 2.34. The monoisotopic (exact) mass is 296 g/mol. The van der Waals surface area contributed by atoms with Gasteiger partial charge >= 0.3 is 5.97 Å². The summed E-state index contributed by atoms with van der Waals surface area (Å²) in [5.41, 5.74) is 0.101. The predicted molar refractivity (Wildman–Crippen MR) is 78.9 cm³/mol. The Balaban J connectivity index is 2.05. The van der Waals surface area contributed by atoms with Gasteiger partial charge in [0.1, 0.15) is 0 Å². The molecule has 1 unspecified atom stereocenters. The van der Waals surface area contributed by atoms with Crippen LogP contribution in [-0.4, -0.2) is 21.8 Å². The van der Waals surface area contributed by atoms with Crippen molar-refractivity contribution in [2.24, 2.45) is 5.92 Å². The molecule has 1 aromatic carbocycles. The second-order valence-corrected chi connectivity index (χ2v) is 6.29. The van der Waals surface area contributed by atoms with Gasteiger partial charge in [0.2, 0.25) is 0 Å². The molecule has 4 heteroatoms. The second kappa shape index (κ2) is 6.59. The molecular formula is C16H21ClO3. The fraction of sp³-hybridized carbons (Fsp3) is 0.562. The van der Waals surface area contributed by atoms with Crippen molar-refractivity contribution < 1.29 is 15.0 Å². The molecule has 0 radical (unpaired) electrons. The summed E-state index contributed by atoms with van der Waals surface area (Å²) in [4.78, 5) is 11.5. The van der Waals surface area contributed by atoms with E-state index in [0.717, 1.165) is 24.8 Å². The maximum atomic E-state index is 11.5. The molecule has 2 rings (SSSR count). The van der Waals surface area contributed by atoms with E-state index in [1.807, 2.05) is 12.1 Å². The smallest absolute Gasteiger partial charge is 0.306 e. The number of rotatable bonds is 5. The molecule has 20 heavy (non-hydrogen) atoms. The van der Waals surface area contributed by atoms with Crippen LogP contribution in [0.15, 0.2) is 24.3 Å². The van der Waals surface area contributed by atoms with E-state index < -0.39 is 17.5 Å². The normalized spacial score (nSPS) is 19.5. The minimum absolute atomic E-state index is 0.328. The first-order valence-electron chi connectivity index (χ1n) is 7.18. The summed E-state index contributed by atoms with van der Waals surface area (Å²) < 4.78 is 0. The van der Waals surface area contributed by atoms with Crippen LogP contribution in [0.3, 0.4) is 0 Å². The number of carboxylic acids is 1. The van der Waals surface area contributed by atoms with Crippen molar-refractivity contribution >= 4 is 17.6 Å². The summed E-state index contributed by atoms with van der Waals surface area (Å²) in [7, 11) is 0. The second-order valence-electron chi connectivity index (χ2n) is 5.86. The van der Waals surface area contributed by atoms with Gasteiger partial charge in [-0.2, -0.15) is 0 Å². The van der Waals surface area contributed by atoms with E-state index >= 15 is 0 Å². The molecule has 2 N–H and O–H groups in total. The molecule has 1 saturated carbocycles. The lowest BCUT2D eigenvalue weighted by molar-refractivity contribution is -0.145. The molecular weight excluding hydrogens is 276 g/mol. The topological polar surface area (TPSA) is 57.5 Å². The Kier molecular flexibility index (Phi) is 5.06. The third-order valence-corrected chi connectivity index (χ3v) is 4.37. The van der Waals surface area contributed by atoms with Gasteiger partial charge in [0, 0.05) is 5.02 Å². The number of halogens is 1. The zero-order chi connectivity index (χ0) is 14.6. The minimum atomic E-state index is -0.844. The summed E-state index contributed by atoms with van der Waals surface area (Å²) in [6.07, 6.45) is 5.28. The fourth-order valence-corrected chi connectivity index (χ4v) is 3.28. The Bertz CT molecular complexity index is 467. The van der Waals surface area contributed by atoms with Crippen molar-refractivity contribution in [3.05, 3.63) is 34.9 Å². The number of aliphatic hydroxyl groups is 1. The third-order valence-electron chi connectivity index (χ3n) is 4.13. The van der Waals surface area contributed by atoms with E-state index in [0.29, 0.717) is 30.7 Å². The van der Waals surface area contributed by atoms with Crippen molar-refractivity contribution in [1.82, 2.24) is 0 Å². The average Bonchev–Trinajstić information content (AvgIpc) is 2.38. The lowest BCUT2D eigenvalue weighted by Crippen LogP contribution is -2.36. The average molecular weight is 297 g/mol. The molecule has 0 aromatic heterocycles. The van der Waals surface area contributed by atoms with Gasteiger partial charge in [0.05, 0.1) is 11.5 Å². The van der Waals surface area contributed by atoms with E-state index in [-0.39, 0.29) is 0 Å². The number of carbonyl (C=O) groups is 1. The molecule has 0 bridgehead atoms. The third kappa shape index (κ3) is 4.22. The first-order chi connectivity index (χ1) is 9.48. The van der Waals surface area contributed by atoms with Gasteiger partial charge in [0.15, 0.2) is 0 Å². The van der Waals surface area contributed by atoms with E-state index in [1.165, 1.54) is 0 Å². The van der Waals surface area contributed by atoms with Crippen LogP contribution in [0.4, 0.5) is 0 Å². The standard InChI is InChI=1S/C16H21ClO3/c17-14-6-4-5-12(10-14)9-13(15(18)19)11-16(20)7-2-1-3-8-16/h4-6,10,13,20H,1-3,7-9,11H2,(H,18,19). The Hall–Kier alpha value is -1.06. The summed E-state index contributed by atoms with van der Waals surface area (Å²) in [5.74, 6) is -1.40. The Morgan fingerprint density at radius 1 is 1.30 bits per heavy atom. The molecule has 110 valence electrons. The van der Waals surface area contributed by atoms with Crippen LogP contribution in [0.5, 0.6) is 0 Å². The largest absolute Gasteiger partial charge is 0.481 e. The summed E-state index contributed by atoms with van der Waals surface area (Å²) in [6.45, 7) is 0. The van der Waals surface area contributed by atoms with Crippen LogP contribution in [0, 0.1) is 5.92 Å². The minimum Gasteiger partial charge on any atom is -0.481 e. The Morgan fingerprint density at radius 2 is 2.00 bits per heavy atom. The lowest BCUT2D eigenvalue weighted by atomic mass is 9.77. The molecule has 3 nitrogen and oxygen atoms in total. The first kappa shape index (κ1) is 15.3. The SMILES string of the molecule is O=C(O)C(Cc1cccc(Cl)c1)CC1(O)CCCCC1. The summed E-state index contributed by atoms with van der Waals surface area (Å²) >= 11 is 5.93. The molecule has 0 heterocycles. The van der Waals surface area contributed by atoms with Gasteiger partial charge in [0.25, 0.3) is 0 Å². The number of carboxylic acid groups (broad SMARTS) is 1. The number of hydrogen-bond donors (Lipinski definition) is 2. The highest BCUT2D eigenvalue weighted by Crippen LogP contribution is 2.34. The van der Waals surface area contributed by atoms with Crippen LogP contribution in [0.1, 0.15) is 44.1 Å². The van der Waals surface area contributed by atoms with Crippen LogP contribution < -0.4 is 0 Å². The molecule has 1 fully saturated rings. The van der Waals surface area contributed by atoms with Crippen LogP contribution in [0.25, 0.3) is 0 Å². The highest BCUT2D eigenvalue weighted by molar-refractivity contribution is 6.30. The summed E-state index contributed by atoms with van der Waals surface area (Å²) in [6, 6.07) is 7.27. The lowest BCUT2D eigenvalue weighted by Gasteiger charge is -2.34. The molecule has 0 saturated heterocycles. The molecule has 1 aromatic rings. The maximum Gasteiger partial charge on any atom is 0.306 e.